The van der Waals surface area contributed by atoms with Crippen molar-refractivity contribution in [3.8, 4) is 0 Å². The van der Waals surface area contributed by atoms with Crippen LogP contribution in [-0.2, 0) is 14.6 Å². The number of rotatable bonds is 7. The van der Waals surface area contributed by atoms with E-state index >= 15 is 0 Å². The Morgan fingerprint density at radius 2 is 1.91 bits per heavy atom. The molecule has 0 aliphatic heterocycles. The van der Waals surface area contributed by atoms with Crippen LogP contribution in [0.25, 0.3) is 0 Å². The lowest BCUT2D eigenvalue weighted by Crippen LogP contribution is -2.47. The second kappa shape index (κ2) is 8.14. The number of benzene rings is 1. The Morgan fingerprint density at radius 1 is 1.27 bits per heavy atom. The molecule has 6 nitrogen and oxygen atoms in total. The molecular weight excluding hydrogens is 328 g/mol. The number of hydrogen-bond acceptors (Lipinski definition) is 4. The van der Waals surface area contributed by atoms with Gasteiger partial charge in [-0.3, -0.25) is 9.59 Å². The van der Waals surface area contributed by atoms with Crippen LogP contribution in [0.1, 0.15) is 23.7 Å². The highest BCUT2D eigenvalue weighted by molar-refractivity contribution is 7.90. The first-order valence-corrected chi connectivity index (χ1v) is 9.19. The van der Waals surface area contributed by atoms with Crippen LogP contribution in [0.2, 0.25) is 5.02 Å². The lowest BCUT2D eigenvalue weighted by molar-refractivity contribution is -0.122. The van der Waals surface area contributed by atoms with Crippen LogP contribution in [0.5, 0.6) is 0 Å². The van der Waals surface area contributed by atoms with Gasteiger partial charge in [0.15, 0.2) is 0 Å². The van der Waals surface area contributed by atoms with Crippen LogP contribution in [0.15, 0.2) is 24.3 Å². The molecule has 0 saturated carbocycles. The van der Waals surface area contributed by atoms with Crippen molar-refractivity contribution in [1.29, 1.82) is 0 Å². The van der Waals surface area contributed by atoms with Crippen molar-refractivity contribution in [2.75, 3.05) is 18.6 Å². The van der Waals surface area contributed by atoms with Gasteiger partial charge >= 0.3 is 0 Å². The number of carbonyl (C=O) groups excluding carboxylic acids is 2. The molecule has 0 radical (unpaired) electrons. The molecule has 0 aliphatic rings. The van der Waals surface area contributed by atoms with Crippen molar-refractivity contribution in [1.82, 2.24) is 10.6 Å². The molecular formula is C14H19ClN2O4S. The molecule has 122 valence electrons. The summed E-state index contributed by atoms with van der Waals surface area (Å²) in [5.41, 5.74) is 0.234. The first kappa shape index (κ1) is 18.4. The highest BCUT2D eigenvalue weighted by Crippen LogP contribution is 2.15. The van der Waals surface area contributed by atoms with Crippen molar-refractivity contribution in [2.24, 2.45) is 0 Å². The Bertz CT molecular complexity index is 646. The predicted octanol–water partition coefficient (Wildman–Crippen LogP) is 1.01. The predicted molar refractivity (Wildman–Crippen MR) is 85.7 cm³/mol. The summed E-state index contributed by atoms with van der Waals surface area (Å²) in [7, 11) is -3.23. The molecule has 0 saturated heterocycles. The minimum atomic E-state index is -3.23. The summed E-state index contributed by atoms with van der Waals surface area (Å²) < 4.78 is 22.5. The molecule has 1 unspecified atom stereocenters. The summed E-state index contributed by atoms with van der Waals surface area (Å²) in [6, 6.07) is 5.50. The Morgan fingerprint density at radius 3 is 2.45 bits per heavy atom. The highest BCUT2D eigenvalue weighted by atomic mass is 35.5. The maximum atomic E-state index is 12.2. The Kier molecular flexibility index (Phi) is 6.83. The van der Waals surface area contributed by atoms with Gasteiger partial charge in [0.1, 0.15) is 15.9 Å². The zero-order chi connectivity index (χ0) is 16.8. The summed E-state index contributed by atoms with van der Waals surface area (Å²) in [5.74, 6) is -1.14. The quantitative estimate of drug-likeness (QED) is 0.770. The highest BCUT2D eigenvalue weighted by Gasteiger charge is 2.23. The number of halogens is 1. The van der Waals surface area contributed by atoms with Gasteiger partial charge in [-0.05, 0) is 25.5 Å². The monoisotopic (exact) mass is 346 g/mol. The van der Waals surface area contributed by atoms with Crippen LogP contribution in [-0.4, -0.2) is 44.8 Å². The van der Waals surface area contributed by atoms with E-state index in [1.165, 1.54) is 6.07 Å². The summed E-state index contributed by atoms with van der Waals surface area (Å²) in [6.07, 6.45) is 1.08. The minimum Gasteiger partial charge on any atom is -0.355 e. The van der Waals surface area contributed by atoms with Gasteiger partial charge in [-0.1, -0.05) is 23.7 Å². The molecule has 0 spiro atoms. The van der Waals surface area contributed by atoms with Gasteiger partial charge in [-0.25, -0.2) is 8.42 Å². The van der Waals surface area contributed by atoms with Gasteiger partial charge < -0.3 is 10.6 Å². The second-order valence-corrected chi connectivity index (χ2v) is 7.49. The van der Waals surface area contributed by atoms with Crippen molar-refractivity contribution >= 4 is 33.3 Å². The Hall–Kier alpha value is -1.60. The normalized spacial score (nSPS) is 12.5. The van der Waals surface area contributed by atoms with Gasteiger partial charge in [-0.15, -0.1) is 0 Å². The van der Waals surface area contributed by atoms with E-state index < -0.39 is 27.7 Å². The first-order chi connectivity index (χ1) is 10.2. The third kappa shape index (κ3) is 6.03. The van der Waals surface area contributed by atoms with Crippen LogP contribution >= 0.6 is 11.6 Å². The van der Waals surface area contributed by atoms with Gasteiger partial charge in [-0.2, -0.15) is 0 Å². The molecule has 1 aromatic carbocycles. The van der Waals surface area contributed by atoms with Gasteiger partial charge in [0.05, 0.1) is 16.3 Å². The molecule has 0 fully saturated rings. The molecule has 8 heteroatoms. The molecule has 1 rings (SSSR count). The maximum absolute atomic E-state index is 12.2. The Labute approximate surface area is 135 Å². The summed E-state index contributed by atoms with van der Waals surface area (Å²) in [4.78, 5) is 24.1. The first-order valence-electron chi connectivity index (χ1n) is 6.75. The van der Waals surface area contributed by atoms with Crippen LogP contribution in [0.4, 0.5) is 0 Å². The molecule has 2 N–H and O–H groups in total. The number of hydrogen-bond donors (Lipinski definition) is 2. The van der Waals surface area contributed by atoms with E-state index in [9.17, 15) is 18.0 Å². The summed E-state index contributed by atoms with van der Waals surface area (Å²) in [5, 5.41) is 5.37. The topological polar surface area (TPSA) is 92.3 Å². The van der Waals surface area contributed by atoms with Crippen molar-refractivity contribution < 1.29 is 18.0 Å². The van der Waals surface area contributed by atoms with Crippen molar-refractivity contribution in [3.05, 3.63) is 34.9 Å². The number of sulfone groups is 1. The standard InChI is InChI=1S/C14H19ClN2O4S/c1-3-16-14(19)12(8-9-22(2,20)21)17-13(18)10-6-4-5-7-11(10)15/h4-7,12H,3,8-9H2,1-2H3,(H,16,19)(H,17,18). The number of amides is 2. The molecule has 1 atom stereocenters. The fraction of sp³-hybridized carbons (Fsp3) is 0.429. The van der Waals surface area contributed by atoms with Gasteiger partial charge in [0.25, 0.3) is 5.91 Å². The minimum absolute atomic E-state index is 0.000852. The van der Waals surface area contributed by atoms with Gasteiger partial charge in [0, 0.05) is 12.8 Å². The summed E-state index contributed by atoms with van der Waals surface area (Å²) >= 11 is 5.94. The maximum Gasteiger partial charge on any atom is 0.253 e. The van der Waals surface area contributed by atoms with Crippen molar-refractivity contribution in [2.45, 2.75) is 19.4 Å². The SMILES string of the molecule is CCNC(=O)C(CCS(C)(=O)=O)NC(=O)c1ccccc1Cl. The van der Waals surface area contributed by atoms with Crippen LogP contribution in [0, 0.1) is 0 Å². The zero-order valence-corrected chi connectivity index (χ0v) is 14.0. The van der Waals surface area contributed by atoms with E-state index in [-0.39, 0.29) is 22.8 Å². The lowest BCUT2D eigenvalue weighted by atomic mass is 10.1. The largest absolute Gasteiger partial charge is 0.355 e. The molecule has 22 heavy (non-hydrogen) atoms. The van der Waals surface area contributed by atoms with Crippen LogP contribution in [0.3, 0.4) is 0 Å². The number of likely N-dealkylation sites (N-methyl/N-ethyl adjacent to an activating group) is 1. The number of nitrogens with one attached hydrogen (secondary N) is 2. The summed E-state index contributed by atoms with van der Waals surface area (Å²) in [6.45, 7) is 2.12. The number of carbonyl (C=O) groups is 2. The van der Waals surface area contributed by atoms with E-state index in [1.54, 1.807) is 25.1 Å². The molecule has 0 heterocycles. The third-order valence-electron chi connectivity index (χ3n) is 2.87. The molecule has 0 aromatic heterocycles. The van der Waals surface area contributed by atoms with E-state index in [0.717, 1.165) is 6.26 Å². The van der Waals surface area contributed by atoms with E-state index in [2.05, 4.69) is 10.6 Å². The van der Waals surface area contributed by atoms with E-state index in [4.69, 9.17) is 11.6 Å². The van der Waals surface area contributed by atoms with Gasteiger partial charge in [0.2, 0.25) is 5.91 Å². The molecule has 0 bridgehead atoms. The third-order valence-corrected chi connectivity index (χ3v) is 4.18. The average molecular weight is 347 g/mol. The smallest absolute Gasteiger partial charge is 0.253 e. The van der Waals surface area contributed by atoms with Crippen LogP contribution < -0.4 is 10.6 Å². The fourth-order valence-corrected chi connectivity index (χ4v) is 2.66. The molecule has 1 aromatic rings. The fourth-order valence-electron chi connectivity index (χ4n) is 1.78. The van der Waals surface area contributed by atoms with E-state index in [1.807, 2.05) is 0 Å². The zero-order valence-electron chi connectivity index (χ0n) is 12.4. The van der Waals surface area contributed by atoms with Crippen molar-refractivity contribution in [3.63, 3.8) is 0 Å². The second-order valence-electron chi connectivity index (χ2n) is 4.82. The average Bonchev–Trinajstić information content (AvgIpc) is 2.42. The Balaban J connectivity index is 2.85. The molecule has 2 amide bonds. The lowest BCUT2D eigenvalue weighted by Gasteiger charge is -2.18. The van der Waals surface area contributed by atoms with E-state index in [0.29, 0.717) is 6.54 Å². The molecule has 0 aliphatic carbocycles.